The number of nitriles is 1. The highest BCUT2D eigenvalue weighted by Crippen LogP contribution is 2.73. The van der Waals surface area contributed by atoms with E-state index in [1.807, 2.05) is 6.92 Å². The normalized spacial score (nSPS) is 43.8. The molecule has 5 rings (SSSR count). The Bertz CT molecular complexity index is 1190. The number of carbonyl (C=O) groups is 2. The molecule has 0 aromatic heterocycles. The first kappa shape index (κ1) is 28.5. The monoisotopic (exact) mass is 565 g/mol. The summed E-state index contributed by atoms with van der Waals surface area (Å²) in [6, 6.07) is 2.31. The van der Waals surface area contributed by atoms with Crippen LogP contribution in [0, 0.1) is 34.0 Å². The van der Waals surface area contributed by atoms with E-state index in [1.54, 1.807) is 26.8 Å². The number of ether oxygens (including phenoxy) is 4. The van der Waals surface area contributed by atoms with Crippen LogP contribution in [0.25, 0.3) is 0 Å². The van der Waals surface area contributed by atoms with Crippen molar-refractivity contribution in [3.05, 3.63) is 23.0 Å². The van der Waals surface area contributed by atoms with Crippen LogP contribution in [-0.2, 0) is 28.5 Å². The lowest BCUT2D eigenvalue weighted by atomic mass is 9.44. The number of hydrogen-bond donors (Lipinski definition) is 1. The van der Waals surface area contributed by atoms with Gasteiger partial charge in [-0.05, 0) is 57.1 Å². The average Bonchev–Trinajstić information content (AvgIpc) is 3.27. The molecule has 214 valence electrons. The Balaban J connectivity index is 1.61. The molecule has 0 unspecified atom stereocenters. The Morgan fingerprint density at radius 2 is 2.00 bits per heavy atom. The van der Waals surface area contributed by atoms with Gasteiger partial charge in [-0.1, -0.05) is 13.8 Å². The second-order valence-corrected chi connectivity index (χ2v) is 13.0. The molecule has 0 aromatic carbocycles. The van der Waals surface area contributed by atoms with E-state index in [9.17, 15) is 20.0 Å². The smallest absolute Gasteiger partial charge is 0.303 e. The number of halogens is 2. The number of aliphatic hydroxyl groups excluding tert-OH is 1. The van der Waals surface area contributed by atoms with Crippen molar-refractivity contribution in [2.75, 3.05) is 19.1 Å². The fourth-order valence-electron chi connectivity index (χ4n) is 8.70. The van der Waals surface area contributed by atoms with Crippen LogP contribution in [0.2, 0.25) is 0 Å². The Morgan fingerprint density at radius 3 is 2.64 bits per heavy atom. The predicted octanol–water partition coefficient (Wildman–Crippen LogP) is 4.29. The first-order valence-electron chi connectivity index (χ1n) is 13.6. The molecule has 2 saturated carbocycles. The summed E-state index contributed by atoms with van der Waals surface area (Å²) in [5.74, 6) is -2.39. The molecular formula is C29H37ClFNO7. The topological polar surface area (TPSA) is 115 Å². The van der Waals surface area contributed by atoms with Gasteiger partial charge in [-0.25, -0.2) is 4.39 Å². The van der Waals surface area contributed by atoms with E-state index in [-0.39, 0.29) is 12.8 Å². The Hall–Kier alpha value is -1.99. The molecule has 0 bridgehead atoms. The molecule has 0 amide bonds. The van der Waals surface area contributed by atoms with Crippen LogP contribution in [0.5, 0.6) is 0 Å². The van der Waals surface area contributed by atoms with Crippen molar-refractivity contribution in [3.8, 4) is 6.07 Å². The molecule has 1 heterocycles. The van der Waals surface area contributed by atoms with Crippen molar-refractivity contribution in [1.29, 1.82) is 5.26 Å². The third-order valence-electron chi connectivity index (χ3n) is 10.2. The van der Waals surface area contributed by atoms with Gasteiger partial charge in [0.25, 0.3) is 0 Å². The van der Waals surface area contributed by atoms with E-state index in [2.05, 4.69) is 6.07 Å². The number of aliphatic hydroxyl groups is 1. The number of alkyl halides is 2. The van der Waals surface area contributed by atoms with Gasteiger partial charge >= 0.3 is 5.97 Å². The summed E-state index contributed by atoms with van der Waals surface area (Å²) in [6.45, 7) is 8.10. The standard InChI is InChI=1S/C29H37ClFNO7/c1-16(33)37-15-23(35)29-24(38-25(2,3)39-29)12-20-21-10-17(14-32)19-11-18(36-9-8-30)6-7-26(19,4)28(21,31)22(34)13-27(20,29)5/h11,20-22,24,34H,6-10,12-13,15H2,1-5H3/t20-,21-,22-,24+,26-,27+,28-,29+/m0/s1. The number of fused-ring (bicyclic) bond motifs is 7. The number of ketones is 1. The molecule has 5 aliphatic rings. The van der Waals surface area contributed by atoms with Gasteiger partial charge in [0.05, 0.1) is 29.9 Å². The molecule has 1 saturated heterocycles. The molecule has 8 atom stereocenters. The minimum atomic E-state index is -2.06. The number of esters is 1. The molecule has 0 spiro atoms. The molecule has 39 heavy (non-hydrogen) atoms. The van der Waals surface area contributed by atoms with E-state index in [1.165, 1.54) is 6.92 Å². The minimum Gasteiger partial charge on any atom is -0.497 e. The van der Waals surface area contributed by atoms with Gasteiger partial charge in [-0.15, -0.1) is 11.6 Å². The van der Waals surface area contributed by atoms with Crippen molar-refractivity contribution in [2.24, 2.45) is 22.7 Å². The van der Waals surface area contributed by atoms with Crippen LogP contribution < -0.4 is 0 Å². The van der Waals surface area contributed by atoms with Crippen LogP contribution in [0.3, 0.4) is 0 Å². The third kappa shape index (κ3) is 3.78. The van der Waals surface area contributed by atoms with E-state index in [0.29, 0.717) is 48.7 Å². The van der Waals surface area contributed by atoms with Crippen LogP contribution in [0.1, 0.15) is 66.7 Å². The lowest BCUT2D eigenvalue weighted by Gasteiger charge is -2.63. The van der Waals surface area contributed by atoms with Gasteiger partial charge in [-0.2, -0.15) is 5.26 Å². The van der Waals surface area contributed by atoms with E-state index in [0.717, 1.165) is 0 Å². The number of Topliss-reactive ketones (excluding diaryl/α,β-unsaturated/α-hetero) is 1. The zero-order valence-electron chi connectivity index (χ0n) is 23.1. The second-order valence-electron chi connectivity index (χ2n) is 12.6. The summed E-state index contributed by atoms with van der Waals surface area (Å²) < 4.78 is 41.3. The SMILES string of the molecule is CC(=O)OCC(=O)[C@@]12OC(C)(C)O[C@@H]1C[C@H]1[C@@H]3CC(C#N)=C4C=C(OCCCl)CC[C@]4(C)[C@@]3(F)[C@@H](O)C[C@]12C. The zero-order chi connectivity index (χ0) is 28.6. The summed E-state index contributed by atoms with van der Waals surface area (Å²) in [6.07, 6.45) is 0.798. The highest BCUT2D eigenvalue weighted by atomic mass is 35.5. The fourth-order valence-corrected chi connectivity index (χ4v) is 8.78. The maximum atomic E-state index is 17.8. The lowest BCUT2D eigenvalue weighted by Crippen LogP contribution is -2.70. The van der Waals surface area contributed by atoms with E-state index >= 15 is 4.39 Å². The molecule has 10 heteroatoms. The Kier molecular flexibility index (Phi) is 6.78. The summed E-state index contributed by atoms with van der Waals surface area (Å²) in [7, 11) is 0. The van der Waals surface area contributed by atoms with Gasteiger partial charge < -0.3 is 24.1 Å². The second kappa shape index (κ2) is 9.27. The highest BCUT2D eigenvalue weighted by molar-refractivity contribution is 6.17. The Morgan fingerprint density at radius 1 is 1.28 bits per heavy atom. The third-order valence-corrected chi connectivity index (χ3v) is 10.4. The zero-order valence-corrected chi connectivity index (χ0v) is 23.9. The number of carbonyl (C=O) groups excluding carboxylic acids is 2. The van der Waals surface area contributed by atoms with Crippen molar-refractivity contribution >= 4 is 23.4 Å². The number of allylic oxidation sites excluding steroid dienone is 4. The molecule has 0 radical (unpaired) electrons. The summed E-state index contributed by atoms with van der Waals surface area (Å²) in [4.78, 5) is 25.4. The number of hydrogen-bond acceptors (Lipinski definition) is 8. The average molecular weight is 566 g/mol. The molecular weight excluding hydrogens is 529 g/mol. The largest absolute Gasteiger partial charge is 0.497 e. The summed E-state index contributed by atoms with van der Waals surface area (Å²) >= 11 is 5.79. The molecule has 4 aliphatic carbocycles. The summed E-state index contributed by atoms with van der Waals surface area (Å²) in [5, 5.41) is 22.0. The molecule has 1 aliphatic heterocycles. The lowest BCUT2D eigenvalue weighted by molar-refractivity contribution is -0.248. The van der Waals surface area contributed by atoms with Crippen LogP contribution in [0.15, 0.2) is 23.0 Å². The first-order valence-corrected chi connectivity index (χ1v) is 14.2. The molecule has 0 aromatic rings. The fraction of sp³-hybridized carbons (Fsp3) is 0.759. The molecule has 8 nitrogen and oxygen atoms in total. The quantitative estimate of drug-likeness (QED) is 0.375. The number of rotatable bonds is 6. The number of nitrogens with zero attached hydrogens (tertiary/aromatic N) is 1. The minimum absolute atomic E-state index is 0.0451. The van der Waals surface area contributed by atoms with Crippen molar-refractivity contribution in [3.63, 3.8) is 0 Å². The predicted molar refractivity (Wildman–Crippen MR) is 138 cm³/mol. The van der Waals surface area contributed by atoms with Gasteiger partial charge in [-0.3, -0.25) is 9.59 Å². The maximum Gasteiger partial charge on any atom is 0.303 e. The van der Waals surface area contributed by atoms with Crippen molar-refractivity contribution < 1.29 is 38.0 Å². The van der Waals surface area contributed by atoms with E-state index in [4.69, 9.17) is 30.5 Å². The van der Waals surface area contributed by atoms with Crippen LogP contribution >= 0.6 is 11.6 Å². The van der Waals surface area contributed by atoms with Gasteiger partial charge in [0.15, 0.2) is 18.0 Å². The maximum absolute atomic E-state index is 17.8. The molecule has 3 fully saturated rings. The van der Waals surface area contributed by atoms with Crippen LogP contribution in [0.4, 0.5) is 4.39 Å². The first-order chi connectivity index (χ1) is 18.2. The Labute approximate surface area is 233 Å². The van der Waals surface area contributed by atoms with Crippen molar-refractivity contribution in [1.82, 2.24) is 0 Å². The van der Waals surface area contributed by atoms with Gasteiger partial charge in [0, 0.05) is 35.7 Å². The molecule has 1 N–H and O–H groups in total. The highest BCUT2D eigenvalue weighted by Gasteiger charge is 2.80. The van der Waals surface area contributed by atoms with Gasteiger partial charge in [0.1, 0.15) is 12.3 Å². The summed E-state index contributed by atoms with van der Waals surface area (Å²) in [5.41, 5.74) is -4.74. The van der Waals surface area contributed by atoms with E-state index < -0.39 is 70.3 Å². The van der Waals surface area contributed by atoms with Crippen LogP contribution in [-0.4, -0.2) is 65.2 Å². The van der Waals surface area contributed by atoms with Crippen molar-refractivity contribution in [2.45, 2.75) is 96.0 Å². The van der Waals surface area contributed by atoms with Gasteiger partial charge in [0.2, 0.25) is 5.78 Å².